The molecule has 0 bridgehead atoms. The van der Waals surface area contributed by atoms with Gasteiger partial charge in [0, 0.05) is 54.8 Å². The Hall–Kier alpha value is -12.9. The van der Waals surface area contributed by atoms with E-state index in [4.69, 9.17) is 33.2 Å². The largest absolute Gasteiger partial charge is 0.507 e. The van der Waals surface area contributed by atoms with Gasteiger partial charge in [0.25, 0.3) is 17.7 Å². The summed E-state index contributed by atoms with van der Waals surface area (Å²) in [7, 11) is 1.24. The predicted octanol–water partition coefficient (Wildman–Crippen LogP) is 3.73. The van der Waals surface area contributed by atoms with E-state index in [2.05, 4.69) is 37.2 Å². The summed E-state index contributed by atoms with van der Waals surface area (Å²) >= 11 is 0. The number of aliphatic hydroxyl groups is 3. The van der Waals surface area contributed by atoms with Crippen LogP contribution >= 0.6 is 0 Å². The molecule has 3 unspecified atom stereocenters. The highest BCUT2D eigenvalue weighted by molar-refractivity contribution is 6.02. The van der Waals surface area contributed by atoms with Gasteiger partial charge in [-0.2, -0.15) is 0 Å². The lowest BCUT2D eigenvalue weighted by atomic mass is 9.89. The normalized spacial score (nSPS) is 26.7. The van der Waals surface area contributed by atoms with E-state index < -0.39 is 338 Å². The Morgan fingerprint density at radius 3 is 0.947 bits per heavy atom. The molecule has 720 valence electrons. The zero-order valence-electron chi connectivity index (χ0n) is 70.5. The number of hydrogen-bond acceptors (Lipinski definition) is 25. The van der Waals surface area contributed by atoms with Crippen LogP contribution in [0.5, 0.6) is 17.2 Å². The molecule has 0 aromatic heterocycles. The van der Waals surface area contributed by atoms with Gasteiger partial charge in [0.05, 0.1) is 116 Å². The van der Waals surface area contributed by atoms with Gasteiger partial charge in [-0.1, -0.05) is 50.2 Å². The Morgan fingerprint density at radius 1 is 0.353 bits per heavy atom. The van der Waals surface area contributed by atoms with Crippen LogP contribution in [0.25, 0.3) is 0 Å². The van der Waals surface area contributed by atoms with Crippen molar-refractivity contribution in [2.24, 2.45) is 35.5 Å². The molecule has 48 heteroatoms. The monoisotopic (exact) mass is 1900 g/mol. The number of esters is 4. The highest BCUT2D eigenvalue weighted by Crippen LogP contribution is 2.34. The third kappa shape index (κ3) is 22.4. The van der Waals surface area contributed by atoms with Gasteiger partial charge in [-0.05, 0) is 64.1 Å². The molecule has 6 heterocycles. The minimum atomic E-state index is -2.43. The number of rotatable bonds is 15. The van der Waals surface area contributed by atoms with E-state index in [1.165, 1.54) is 108 Å². The Kier molecular flexibility index (Phi) is 33.2. The first kappa shape index (κ1) is 102. The van der Waals surface area contributed by atoms with Crippen LogP contribution in [0.15, 0.2) is 72.8 Å². The number of cyclic esters (lactones) is 4. The number of hydrogen-bond donors (Lipinski definition) is 13. The second-order valence-electron chi connectivity index (χ2n) is 31.9. The lowest BCUT2D eigenvalue weighted by Gasteiger charge is -2.41. The van der Waals surface area contributed by atoms with Gasteiger partial charge in [-0.3, -0.25) is 43.2 Å². The molecular weight excluding hydrogens is 1820 g/mol. The zero-order valence-corrected chi connectivity index (χ0v) is 70.5. The maximum absolute atomic E-state index is 14.7. The Morgan fingerprint density at radius 2 is 0.639 bits per heavy atom. The number of aromatic hydroxyl groups is 3. The van der Waals surface area contributed by atoms with Gasteiger partial charge in [-0.25, -0.2) is 80.2 Å². The maximum atomic E-state index is 14.7. The SMILES string of the molecule is C[C@H]1OC(=O)C(C2COC2)N(C)C(=O)[C@H](C)[C@H](O)[C@H](Cc2c(F)c(F)c(F)c(F)c2F)NC(=O)[C@H]1NC(=O)c1ccccc1O.C[C@H]1OC(=O)C(C2COC2)NC(=O)[C@H](C)[C@H](O)[C@H](Cc2c(F)c(F)c(F)c(F)c2F)NC(=O)[C@H]1NC(=O)c1ccccc1O.C[C@H]1OC(=O)C(C2COC2)OC(=O)[C@H](C)[C@H](O)[C@H](Cc2c(F)c(F)c(F)c(F)c2F)NC(=O)[C@H]1NC(=O)c1ccccc1O. The Labute approximate surface area is 742 Å². The number of phenols is 3. The fraction of sp³-hybridized carbons (Fsp3) is 0.435. The molecule has 0 spiro atoms. The topological polar surface area (TPSA) is 478 Å². The van der Waals surface area contributed by atoms with Crippen LogP contribution in [0.2, 0.25) is 0 Å². The average Bonchev–Trinajstić information content (AvgIpc) is 0.776. The number of benzene rings is 6. The molecule has 6 aliphatic rings. The average molecular weight is 1900 g/mol. The van der Waals surface area contributed by atoms with Crippen molar-refractivity contribution in [1.29, 1.82) is 0 Å². The van der Waals surface area contributed by atoms with E-state index in [1.54, 1.807) is 0 Å². The molecule has 8 amide bonds. The molecule has 6 aliphatic heterocycles. The smallest absolute Gasteiger partial charge is 0.348 e. The van der Waals surface area contributed by atoms with Gasteiger partial charge in [0.1, 0.15) is 65.8 Å². The van der Waals surface area contributed by atoms with Crippen molar-refractivity contribution in [1.82, 2.24) is 42.1 Å². The van der Waals surface area contributed by atoms with Crippen LogP contribution in [0, 0.1) is 123 Å². The number of aliphatic hydroxyl groups excluding tert-OH is 3. The predicted molar refractivity (Wildman–Crippen MR) is 417 cm³/mol. The van der Waals surface area contributed by atoms with E-state index in [1.807, 2.05) is 0 Å². The van der Waals surface area contributed by atoms with Crippen LogP contribution in [-0.4, -0.2) is 244 Å². The van der Waals surface area contributed by atoms with Crippen molar-refractivity contribution in [3.63, 3.8) is 0 Å². The second-order valence-corrected chi connectivity index (χ2v) is 31.9. The summed E-state index contributed by atoms with van der Waals surface area (Å²) in [5, 5.41) is 79.5. The minimum absolute atomic E-state index is 0.0187. The van der Waals surface area contributed by atoms with Crippen LogP contribution in [0.1, 0.15) is 89.3 Å². The van der Waals surface area contributed by atoms with E-state index in [9.17, 15) is 154 Å². The highest BCUT2D eigenvalue weighted by Gasteiger charge is 2.50. The van der Waals surface area contributed by atoms with Crippen LogP contribution in [0.4, 0.5) is 65.9 Å². The van der Waals surface area contributed by atoms with Crippen molar-refractivity contribution in [2.75, 3.05) is 46.7 Å². The number of phenolic OH excluding ortho intramolecular Hbond substituents is 3. The minimum Gasteiger partial charge on any atom is -0.507 e. The maximum Gasteiger partial charge on any atom is 0.348 e. The number of nitrogens with zero attached hydrogens (tertiary/aromatic N) is 1. The van der Waals surface area contributed by atoms with Crippen molar-refractivity contribution in [3.05, 3.63) is 193 Å². The lowest BCUT2D eigenvalue weighted by Crippen LogP contribution is -2.62. The summed E-state index contributed by atoms with van der Waals surface area (Å²) in [5.41, 5.74) is -5.03. The van der Waals surface area contributed by atoms with Crippen LogP contribution in [0.3, 0.4) is 0 Å². The summed E-state index contributed by atoms with van der Waals surface area (Å²) in [6.45, 7) is 7.15. The van der Waals surface area contributed by atoms with E-state index in [0.717, 1.165) is 18.7 Å². The number of likely N-dealkylation sites (N-methyl/N-ethyl adjacent to an activating group) is 1. The first-order chi connectivity index (χ1) is 62.6. The third-order valence-corrected chi connectivity index (χ3v) is 22.9. The summed E-state index contributed by atoms with van der Waals surface area (Å²) in [6.07, 6.45) is -15.8. The molecular formula is C85H85F15N8O25. The number of carbonyl (C=O) groups excluding carboxylic acids is 12. The van der Waals surface area contributed by atoms with Crippen molar-refractivity contribution in [3.8, 4) is 17.2 Å². The van der Waals surface area contributed by atoms with Crippen molar-refractivity contribution in [2.45, 2.75) is 152 Å². The molecule has 6 saturated heterocycles. The summed E-state index contributed by atoms with van der Waals surface area (Å²) < 4.78 is 250. The Bertz CT molecular complexity index is 5190. The number of para-hydroxylation sites is 3. The van der Waals surface area contributed by atoms with Gasteiger partial charge in [0.15, 0.2) is 69.8 Å². The molecule has 0 radical (unpaired) electrons. The lowest BCUT2D eigenvalue weighted by molar-refractivity contribution is -0.192. The molecule has 6 aromatic rings. The fourth-order valence-electron chi connectivity index (χ4n) is 14.7. The van der Waals surface area contributed by atoms with Crippen LogP contribution < -0.4 is 37.2 Å². The molecule has 13 N–H and O–H groups in total. The molecule has 133 heavy (non-hydrogen) atoms. The number of ether oxygens (including phenoxy) is 7. The number of amides is 8. The molecule has 33 nitrogen and oxygen atoms in total. The van der Waals surface area contributed by atoms with Gasteiger partial charge in [-0.15, -0.1) is 0 Å². The molecule has 0 saturated carbocycles. The van der Waals surface area contributed by atoms with Gasteiger partial charge in [0.2, 0.25) is 53.1 Å². The molecule has 18 atom stereocenters. The Balaban J connectivity index is 0.000000207. The van der Waals surface area contributed by atoms with Gasteiger partial charge >= 0.3 is 23.9 Å². The summed E-state index contributed by atoms with van der Waals surface area (Å²) in [6, 6.07) is 1.98. The second kappa shape index (κ2) is 43.2. The number of halogens is 15. The summed E-state index contributed by atoms with van der Waals surface area (Å²) in [4.78, 5) is 160. The molecule has 6 fully saturated rings. The van der Waals surface area contributed by atoms with Crippen molar-refractivity contribution < 1.29 is 187 Å². The van der Waals surface area contributed by atoms with Crippen LogP contribution in [-0.2, 0) is 95.6 Å². The first-order valence-electron chi connectivity index (χ1n) is 40.4. The van der Waals surface area contributed by atoms with Crippen molar-refractivity contribution >= 4 is 71.1 Å². The third-order valence-electron chi connectivity index (χ3n) is 22.9. The zero-order chi connectivity index (χ0) is 98.2. The first-order valence-corrected chi connectivity index (χ1v) is 40.4. The van der Waals surface area contributed by atoms with Gasteiger partial charge < -0.3 is 106 Å². The highest BCUT2D eigenvalue weighted by atomic mass is 19.2. The number of nitrogens with one attached hydrogen (secondary N) is 7. The number of carbonyl (C=O) groups is 12. The standard InChI is InChI=1S/C29H30F5N3O8.C28H28F5N3O8.C28H27F5N2O9/c1-11-25(39)16(8-15-18(30)20(32)22(34)21(33)19(15)31)35-27(41)23(36-26(40)14-6-4-5-7-17(14)38)12(2)45-29(43)24(13-9-44-10-13)37(3)28(11)42;1-10-24(38)15(7-14-17(29)19(31)21(33)20(32)18(14)30)34-27(41)22(35-26(40)13-5-3-4-6-16(13)37)11(2)44-28(42)23(36-25(10)39)12-8-43-9-12;1-10-23(37)15(7-14-17(29)19(31)21(33)20(32)18(14)30)34-26(39)22(35-25(38)13-5-3-4-6-16(13)36)11(2)43-28(41)24(44-27(10)40)12-8-42-9-12/h4-7,11-13,16,23-25,38-39H,8-10H2,1-3H3,(H,35,41)(H,36,40);3-6,10-12,15,22-24,37-38H,7-9H2,1-2H3,(H,34,41)(H,35,40)(H,36,39);3-6,10-12,15,22-24,36-37H,7-9H2,1-2H3,(H,34,39)(H,35,38)/t11-,12-,16+,23+,24?,25+;10-,11-,15+,22+,23?,24+;10-,11-,15+,22+,23+,24?/m111/s1. The molecule has 6 aromatic carbocycles. The van der Waals surface area contributed by atoms with E-state index in [-0.39, 0.29) is 56.3 Å². The van der Waals surface area contributed by atoms with E-state index >= 15 is 0 Å². The summed E-state index contributed by atoms with van der Waals surface area (Å²) in [5.74, 6) is -55.0. The molecule has 0 aliphatic carbocycles. The van der Waals surface area contributed by atoms with E-state index in [0.29, 0.717) is 0 Å². The fourth-order valence-corrected chi connectivity index (χ4v) is 14.7. The molecule has 12 rings (SSSR count). The quantitative estimate of drug-likeness (QED) is 0.0229.